The van der Waals surface area contributed by atoms with Crippen LogP contribution in [-0.2, 0) is 9.53 Å². The highest BCUT2D eigenvalue weighted by Gasteiger charge is 2.26. The Morgan fingerprint density at radius 2 is 2.00 bits per heavy atom. The number of hydrogen-bond donors (Lipinski definition) is 0. The van der Waals surface area contributed by atoms with Gasteiger partial charge in [0.05, 0.1) is 6.61 Å². The van der Waals surface area contributed by atoms with Crippen LogP contribution < -0.4 is 0 Å². The topological polar surface area (TPSA) is 29.5 Å². The Hall–Kier alpha value is -0.570. The van der Waals surface area contributed by atoms with Gasteiger partial charge in [0, 0.05) is 32.0 Å². The van der Waals surface area contributed by atoms with Gasteiger partial charge in [0.25, 0.3) is 0 Å². The average Bonchev–Trinajstić information content (AvgIpc) is 2.82. The molecule has 3 heteroatoms. The van der Waals surface area contributed by atoms with E-state index < -0.39 is 0 Å². The Balaban J connectivity index is 1.78. The van der Waals surface area contributed by atoms with Crippen LogP contribution in [0.5, 0.6) is 0 Å². The molecule has 1 saturated carbocycles. The molecule has 2 rings (SSSR count). The van der Waals surface area contributed by atoms with Gasteiger partial charge < -0.3 is 9.64 Å². The minimum absolute atomic E-state index is 0.307. The van der Waals surface area contributed by atoms with Crippen LogP contribution in [0.15, 0.2) is 0 Å². The summed E-state index contributed by atoms with van der Waals surface area (Å²) in [6.45, 7) is 2.59. The molecule has 0 aromatic carbocycles. The predicted molar refractivity (Wildman–Crippen MR) is 63.1 cm³/mol. The van der Waals surface area contributed by atoms with Crippen LogP contribution in [0, 0.1) is 11.8 Å². The maximum Gasteiger partial charge on any atom is 0.225 e. The van der Waals surface area contributed by atoms with Crippen molar-refractivity contribution in [1.82, 2.24) is 4.90 Å². The lowest BCUT2D eigenvalue weighted by Crippen LogP contribution is -2.37. The number of hydrogen-bond acceptors (Lipinski definition) is 2. The van der Waals surface area contributed by atoms with Crippen molar-refractivity contribution in [3.63, 3.8) is 0 Å². The number of ether oxygens (including phenoxy) is 1. The first-order valence-electron chi connectivity index (χ1n) is 6.60. The van der Waals surface area contributed by atoms with Gasteiger partial charge >= 0.3 is 0 Å². The lowest BCUT2D eigenvalue weighted by atomic mass is 9.88. The second-order valence-corrected chi connectivity index (χ2v) is 5.28. The summed E-state index contributed by atoms with van der Waals surface area (Å²) in [4.78, 5) is 14.1. The Bertz CT molecular complexity index is 230. The van der Waals surface area contributed by atoms with E-state index in [1.807, 2.05) is 11.9 Å². The summed E-state index contributed by atoms with van der Waals surface area (Å²) in [5, 5.41) is 0. The van der Waals surface area contributed by atoms with E-state index in [2.05, 4.69) is 0 Å². The van der Waals surface area contributed by atoms with Gasteiger partial charge in [0.1, 0.15) is 0 Å². The van der Waals surface area contributed by atoms with Crippen molar-refractivity contribution >= 4 is 5.91 Å². The molecule has 2 fully saturated rings. The first-order chi connectivity index (χ1) is 7.77. The van der Waals surface area contributed by atoms with Crippen LogP contribution in [0.3, 0.4) is 0 Å². The third-order valence-electron chi connectivity index (χ3n) is 3.89. The number of rotatable bonds is 3. The molecule has 0 radical (unpaired) electrons. The summed E-state index contributed by atoms with van der Waals surface area (Å²) < 4.78 is 5.35. The second kappa shape index (κ2) is 5.67. The van der Waals surface area contributed by atoms with Crippen molar-refractivity contribution in [1.29, 1.82) is 0 Å². The van der Waals surface area contributed by atoms with Crippen LogP contribution in [0.25, 0.3) is 0 Å². The number of amides is 1. The molecule has 0 aromatic rings. The van der Waals surface area contributed by atoms with Gasteiger partial charge in [-0.3, -0.25) is 4.79 Å². The van der Waals surface area contributed by atoms with E-state index in [0.717, 1.165) is 39.0 Å². The van der Waals surface area contributed by atoms with Gasteiger partial charge in [-0.15, -0.1) is 0 Å². The quantitative estimate of drug-likeness (QED) is 0.736. The molecule has 1 aliphatic heterocycles. The Morgan fingerprint density at radius 3 is 2.62 bits per heavy atom. The summed E-state index contributed by atoms with van der Waals surface area (Å²) >= 11 is 0. The molecule has 92 valence electrons. The molecule has 0 N–H and O–H groups in total. The van der Waals surface area contributed by atoms with Gasteiger partial charge in [-0.1, -0.05) is 19.3 Å². The van der Waals surface area contributed by atoms with E-state index in [1.54, 1.807) is 0 Å². The second-order valence-electron chi connectivity index (χ2n) is 5.28. The molecule has 3 nitrogen and oxygen atoms in total. The molecule has 1 amide bonds. The van der Waals surface area contributed by atoms with Crippen LogP contribution in [0.1, 0.15) is 38.5 Å². The van der Waals surface area contributed by atoms with E-state index in [1.165, 1.54) is 19.3 Å². The van der Waals surface area contributed by atoms with Crippen molar-refractivity contribution in [2.45, 2.75) is 38.5 Å². The summed E-state index contributed by atoms with van der Waals surface area (Å²) in [5.41, 5.74) is 0. The first-order valence-corrected chi connectivity index (χ1v) is 6.60. The highest BCUT2D eigenvalue weighted by molar-refractivity contribution is 5.78. The van der Waals surface area contributed by atoms with Gasteiger partial charge in [-0.05, 0) is 19.3 Å². The third kappa shape index (κ3) is 2.97. The number of nitrogens with zero attached hydrogens (tertiary/aromatic N) is 1. The lowest BCUT2D eigenvalue weighted by Gasteiger charge is -2.27. The maximum atomic E-state index is 12.2. The van der Waals surface area contributed by atoms with Crippen molar-refractivity contribution in [3.05, 3.63) is 0 Å². The standard InChI is InChI=1S/C13H23NO2/c1-14(9-11-7-8-16-10-11)13(15)12-5-3-2-4-6-12/h11-12H,2-10H2,1H3/t11-/m1/s1. The normalized spacial score (nSPS) is 26.9. The van der Waals surface area contributed by atoms with Gasteiger partial charge in [0.15, 0.2) is 0 Å². The molecule has 1 saturated heterocycles. The fourth-order valence-electron chi connectivity index (χ4n) is 2.87. The number of carbonyl (C=O) groups excluding carboxylic acids is 1. The molecule has 1 atom stereocenters. The fourth-order valence-corrected chi connectivity index (χ4v) is 2.87. The largest absolute Gasteiger partial charge is 0.381 e. The molecule has 16 heavy (non-hydrogen) atoms. The molecule has 1 aliphatic carbocycles. The fraction of sp³-hybridized carbons (Fsp3) is 0.923. The minimum Gasteiger partial charge on any atom is -0.381 e. The smallest absolute Gasteiger partial charge is 0.225 e. The summed E-state index contributed by atoms with van der Waals surface area (Å²) in [6, 6.07) is 0. The van der Waals surface area contributed by atoms with E-state index in [0.29, 0.717) is 17.7 Å². The monoisotopic (exact) mass is 225 g/mol. The summed E-state index contributed by atoms with van der Waals surface area (Å²) in [5.74, 6) is 1.24. The number of carbonyl (C=O) groups is 1. The zero-order chi connectivity index (χ0) is 11.4. The molecule has 0 bridgehead atoms. The molecular formula is C13H23NO2. The van der Waals surface area contributed by atoms with Gasteiger partial charge in [-0.2, -0.15) is 0 Å². The van der Waals surface area contributed by atoms with Crippen LogP contribution in [-0.4, -0.2) is 37.6 Å². The molecule has 1 heterocycles. The van der Waals surface area contributed by atoms with Gasteiger partial charge in [-0.25, -0.2) is 0 Å². The van der Waals surface area contributed by atoms with E-state index in [-0.39, 0.29) is 0 Å². The third-order valence-corrected chi connectivity index (χ3v) is 3.89. The zero-order valence-corrected chi connectivity index (χ0v) is 10.3. The molecular weight excluding hydrogens is 202 g/mol. The van der Waals surface area contributed by atoms with E-state index in [9.17, 15) is 4.79 Å². The van der Waals surface area contributed by atoms with E-state index in [4.69, 9.17) is 4.74 Å². The zero-order valence-electron chi connectivity index (χ0n) is 10.3. The summed E-state index contributed by atoms with van der Waals surface area (Å²) in [7, 11) is 1.95. The summed E-state index contributed by atoms with van der Waals surface area (Å²) in [6.07, 6.45) is 7.09. The predicted octanol–water partition coefficient (Wildman–Crippen LogP) is 2.06. The molecule has 0 spiro atoms. The Kier molecular flexibility index (Phi) is 4.22. The van der Waals surface area contributed by atoms with Gasteiger partial charge in [0.2, 0.25) is 5.91 Å². The van der Waals surface area contributed by atoms with Crippen LogP contribution >= 0.6 is 0 Å². The minimum atomic E-state index is 0.307. The highest BCUT2D eigenvalue weighted by Crippen LogP contribution is 2.25. The average molecular weight is 225 g/mol. The Labute approximate surface area is 98.1 Å². The lowest BCUT2D eigenvalue weighted by molar-refractivity contribution is -0.135. The van der Waals surface area contributed by atoms with Crippen molar-refractivity contribution in [2.24, 2.45) is 11.8 Å². The Morgan fingerprint density at radius 1 is 1.25 bits per heavy atom. The molecule has 2 aliphatic rings. The SMILES string of the molecule is CN(C[C@H]1CCOC1)C(=O)C1CCCCC1. The molecule has 0 aromatic heterocycles. The highest BCUT2D eigenvalue weighted by atomic mass is 16.5. The van der Waals surface area contributed by atoms with Crippen molar-refractivity contribution < 1.29 is 9.53 Å². The first kappa shape index (κ1) is 11.9. The van der Waals surface area contributed by atoms with Crippen molar-refractivity contribution in [3.8, 4) is 0 Å². The van der Waals surface area contributed by atoms with Crippen LogP contribution in [0.4, 0.5) is 0 Å². The maximum absolute atomic E-state index is 12.2. The van der Waals surface area contributed by atoms with Crippen molar-refractivity contribution in [2.75, 3.05) is 26.8 Å². The molecule has 0 unspecified atom stereocenters. The van der Waals surface area contributed by atoms with Crippen LogP contribution in [0.2, 0.25) is 0 Å². The van der Waals surface area contributed by atoms with E-state index >= 15 is 0 Å².